The van der Waals surface area contributed by atoms with Gasteiger partial charge in [-0.15, -0.1) is 0 Å². The highest BCUT2D eigenvalue weighted by atomic mass is 35.5. The van der Waals surface area contributed by atoms with Crippen LogP contribution in [0.4, 0.5) is 13.2 Å². The lowest BCUT2D eigenvalue weighted by atomic mass is 10.2. The molecule has 0 radical (unpaired) electrons. The molecule has 0 fully saturated rings. The maximum Gasteiger partial charge on any atom is 0.434 e. The number of nitrogens with zero attached hydrogens (tertiary/aromatic N) is 3. The Morgan fingerprint density at radius 1 is 1.11 bits per heavy atom. The fourth-order valence-corrected chi connectivity index (χ4v) is 2.86. The van der Waals surface area contributed by atoms with Crippen LogP contribution in [0.2, 0.25) is 10.0 Å². The number of benzene rings is 1. The minimum atomic E-state index is -4.81. The molecule has 0 aliphatic rings. The number of rotatable bonds is 3. The zero-order chi connectivity index (χ0) is 20.6. The third-order valence-corrected chi connectivity index (χ3v) is 4.65. The standard InChI is InChI=1S/C17H11Cl2F3N4O2/c1-23-15(27)11-8-24-26(14(11)17(20,21)22)10-4-2-9(3-5-10)25-7-6-12(18)13(19)16(25)28/h2-8H,1H3,(H,23,27). The predicted octanol–water partition coefficient (Wildman–Crippen LogP) is 3.71. The lowest BCUT2D eigenvalue weighted by Crippen LogP contribution is -2.23. The van der Waals surface area contributed by atoms with Gasteiger partial charge in [0.25, 0.3) is 11.5 Å². The van der Waals surface area contributed by atoms with Crippen LogP contribution in [0.1, 0.15) is 16.1 Å². The minimum Gasteiger partial charge on any atom is -0.355 e. The molecule has 2 aromatic heterocycles. The summed E-state index contributed by atoms with van der Waals surface area (Å²) in [5.41, 5.74) is -1.95. The number of hydrogen-bond donors (Lipinski definition) is 1. The summed E-state index contributed by atoms with van der Waals surface area (Å²) in [6.45, 7) is 0. The normalized spacial score (nSPS) is 11.5. The fraction of sp³-hybridized carbons (Fsp3) is 0.118. The first-order valence-corrected chi connectivity index (χ1v) is 8.45. The van der Waals surface area contributed by atoms with E-state index in [1.807, 2.05) is 0 Å². The maximum atomic E-state index is 13.5. The molecule has 1 amide bonds. The molecule has 0 spiro atoms. The molecule has 0 bridgehead atoms. The molecule has 28 heavy (non-hydrogen) atoms. The van der Waals surface area contributed by atoms with Crippen molar-refractivity contribution in [3.8, 4) is 11.4 Å². The first-order chi connectivity index (χ1) is 13.1. The van der Waals surface area contributed by atoms with Crippen molar-refractivity contribution in [2.75, 3.05) is 7.05 Å². The number of amides is 1. The van der Waals surface area contributed by atoms with Gasteiger partial charge < -0.3 is 5.32 Å². The lowest BCUT2D eigenvalue weighted by molar-refractivity contribution is -0.143. The van der Waals surface area contributed by atoms with Crippen LogP contribution >= 0.6 is 23.2 Å². The molecule has 3 rings (SSSR count). The van der Waals surface area contributed by atoms with Crippen LogP contribution < -0.4 is 10.9 Å². The molecule has 0 saturated heterocycles. The molecular formula is C17H11Cl2F3N4O2. The largest absolute Gasteiger partial charge is 0.434 e. The van der Waals surface area contributed by atoms with Crippen LogP contribution in [0.15, 0.2) is 47.5 Å². The van der Waals surface area contributed by atoms with Crippen LogP contribution in [-0.2, 0) is 6.18 Å². The second kappa shape index (κ2) is 7.33. The van der Waals surface area contributed by atoms with E-state index < -0.39 is 28.9 Å². The molecule has 6 nitrogen and oxygen atoms in total. The summed E-state index contributed by atoms with van der Waals surface area (Å²) in [4.78, 5) is 23.9. The quantitative estimate of drug-likeness (QED) is 0.688. The molecule has 1 aromatic carbocycles. The van der Waals surface area contributed by atoms with Gasteiger partial charge in [-0.1, -0.05) is 23.2 Å². The smallest absolute Gasteiger partial charge is 0.355 e. The van der Waals surface area contributed by atoms with Gasteiger partial charge in [0.05, 0.1) is 22.5 Å². The summed E-state index contributed by atoms with van der Waals surface area (Å²) in [6, 6.07) is 6.93. The molecule has 0 aliphatic heterocycles. The second-order valence-electron chi connectivity index (χ2n) is 5.56. The van der Waals surface area contributed by atoms with Gasteiger partial charge in [0, 0.05) is 18.9 Å². The average molecular weight is 431 g/mol. The van der Waals surface area contributed by atoms with Crippen molar-refractivity contribution in [2.45, 2.75) is 6.18 Å². The summed E-state index contributed by atoms with van der Waals surface area (Å²) >= 11 is 11.6. The third kappa shape index (κ3) is 3.50. The number of hydrogen-bond acceptors (Lipinski definition) is 3. The fourth-order valence-electron chi connectivity index (χ4n) is 2.56. The third-order valence-electron chi connectivity index (χ3n) is 3.87. The van der Waals surface area contributed by atoms with Gasteiger partial charge in [-0.25, -0.2) is 4.68 Å². The predicted molar refractivity (Wildman–Crippen MR) is 97.6 cm³/mol. The number of carbonyl (C=O) groups is 1. The molecule has 3 aromatic rings. The van der Waals surface area contributed by atoms with Crippen molar-refractivity contribution < 1.29 is 18.0 Å². The number of alkyl halides is 3. The number of aromatic nitrogens is 3. The SMILES string of the molecule is CNC(=O)c1cnn(-c2ccc(-n3ccc(Cl)c(Cl)c3=O)cc2)c1C(F)(F)F. The average Bonchev–Trinajstić information content (AvgIpc) is 3.11. The first kappa shape index (κ1) is 20.0. The van der Waals surface area contributed by atoms with Crippen LogP contribution in [0, 0.1) is 0 Å². The Balaban J connectivity index is 2.08. The van der Waals surface area contributed by atoms with E-state index in [1.165, 1.54) is 48.1 Å². The summed E-state index contributed by atoms with van der Waals surface area (Å²) in [7, 11) is 1.23. The number of pyridine rings is 1. The van der Waals surface area contributed by atoms with E-state index in [0.29, 0.717) is 10.4 Å². The zero-order valence-corrected chi connectivity index (χ0v) is 15.6. The van der Waals surface area contributed by atoms with Gasteiger partial charge >= 0.3 is 6.18 Å². The van der Waals surface area contributed by atoms with E-state index in [9.17, 15) is 22.8 Å². The van der Waals surface area contributed by atoms with Crippen LogP contribution in [-0.4, -0.2) is 27.3 Å². The van der Waals surface area contributed by atoms with Crippen molar-refractivity contribution in [3.05, 3.63) is 74.4 Å². The van der Waals surface area contributed by atoms with Crippen LogP contribution in [0.25, 0.3) is 11.4 Å². The molecule has 0 aliphatic carbocycles. The Hall–Kier alpha value is -2.78. The Labute approximate surface area is 166 Å². The lowest BCUT2D eigenvalue weighted by Gasteiger charge is -2.13. The summed E-state index contributed by atoms with van der Waals surface area (Å²) in [6.07, 6.45) is -2.57. The van der Waals surface area contributed by atoms with Crippen molar-refractivity contribution in [3.63, 3.8) is 0 Å². The van der Waals surface area contributed by atoms with E-state index in [0.717, 1.165) is 6.20 Å². The molecule has 0 unspecified atom stereocenters. The van der Waals surface area contributed by atoms with Gasteiger partial charge in [0.15, 0.2) is 5.69 Å². The van der Waals surface area contributed by atoms with E-state index in [1.54, 1.807) is 0 Å². The molecular weight excluding hydrogens is 420 g/mol. The Morgan fingerprint density at radius 2 is 1.71 bits per heavy atom. The molecule has 0 saturated carbocycles. The van der Waals surface area contributed by atoms with Crippen molar-refractivity contribution in [1.82, 2.24) is 19.7 Å². The molecule has 146 valence electrons. The van der Waals surface area contributed by atoms with E-state index in [-0.39, 0.29) is 15.7 Å². The Morgan fingerprint density at radius 3 is 2.29 bits per heavy atom. The van der Waals surface area contributed by atoms with Gasteiger partial charge in [0.2, 0.25) is 0 Å². The summed E-state index contributed by atoms with van der Waals surface area (Å²) in [5, 5.41) is 5.77. The van der Waals surface area contributed by atoms with Crippen molar-refractivity contribution >= 4 is 29.1 Å². The van der Waals surface area contributed by atoms with Gasteiger partial charge in [-0.05, 0) is 30.3 Å². The highest BCUT2D eigenvalue weighted by Gasteiger charge is 2.40. The van der Waals surface area contributed by atoms with E-state index in [2.05, 4.69) is 10.4 Å². The van der Waals surface area contributed by atoms with Crippen molar-refractivity contribution in [1.29, 1.82) is 0 Å². The Kier molecular flexibility index (Phi) is 5.22. The van der Waals surface area contributed by atoms with Gasteiger partial charge in [0.1, 0.15) is 5.02 Å². The Bertz CT molecular complexity index is 1110. The highest BCUT2D eigenvalue weighted by Crippen LogP contribution is 2.33. The maximum absolute atomic E-state index is 13.5. The molecule has 11 heteroatoms. The summed E-state index contributed by atoms with van der Waals surface area (Å²) < 4.78 is 42.3. The second-order valence-corrected chi connectivity index (χ2v) is 6.35. The summed E-state index contributed by atoms with van der Waals surface area (Å²) in [5.74, 6) is -0.905. The molecule has 1 N–H and O–H groups in total. The monoisotopic (exact) mass is 430 g/mol. The van der Waals surface area contributed by atoms with Gasteiger partial charge in [-0.3, -0.25) is 14.2 Å². The molecule has 0 atom stereocenters. The van der Waals surface area contributed by atoms with Crippen LogP contribution in [0.3, 0.4) is 0 Å². The number of halogens is 5. The van der Waals surface area contributed by atoms with E-state index >= 15 is 0 Å². The number of nitrogens with one attached hydrogen (secondary N) is 1. The zero-order valence-electron chi connectivity index (χ0n) is 14.1. The van der Waals surface area contributed by atoms with Crippen LogP contribution in [0.5, 0.6) is 0 Å². The van der Waals surface area contributed by atoms with E-state index in [4.69, 9.17) is 23.2 Å². The molecule has 2 heterocycles. The topological polar surface area (TPSA) is 68.9 Å². The first-order valence-electron chi connectivity index (χ1n) is 7.70. The van der Waals surface area contributed by atoms with Gasteiger partial charge in [-0.2, -0.15) is 18.3 Å². The number of carbonyl (C=O) groups excluding carboxylic acids is 1. The highest BCUT2D eigenvalue weighted by molar-refractivity contribution is 6.41. The van der Waals surface area contributed by atoms with Crippen molar-refractivity contribution in [2.24, 2.45) is 0 Å². The minimum absolute atomic E-state index is 0.0549.